The van der Waals surface area contributed by atoms with E-state index in [0.717, 1.165) is 11.1 Å². The van der Waals surface area contributed by atoms with Gasteiger partial charge in [-0.3, -0.25) is 4.68 Å². The average molecular weight is 258 g/mol. The molecule has 1 N–H and O–H groups in total. The zero-order valence-electron chi connectivity index (χ0n) is 8.46. The quantitative estimate of drug-likeness (QED) is 0.899. The third kappa shape index (κ3) is 2.17. The minimum atomic E-state index is 0.700. The van der Waals surface area contributed by atoms with Gasteiger partial charge in [-0.25, -0.2) is 0 Å². The number of rotatable bonds is 3. The van der Waals surface area contributed by atoms with Gasteiger partial charge in [0.15, 0.2) is 0 Å². The van der Waals surface area contributed by atoms with Crippen LogP contribution in [-0.4, -0.2) is 22.4 Å². The van der Waals surface area contributed by atoms with E-state index in [4.69, 9.17) is 0 Å². The third-order valence-corrected chi connectivity index (χ3v) is 3.83. The van der Waals surface area contributed by atoms with Gasteiger partial charge >= 0.3 is 0 Å². The molecule has 0 spiro atoms. The number of nitrogens with zero attached hydrogens (tertiary/aromatic N) is 2. The summed E-state index contributed by atoms with van der Waals surface area (Å²) in [4.78, 5) is 0. The predicted octanol–water partition coefficient (Wildman–Crippen LogP) is 2.10. The van der Waals surface area contributed by atoms with Crippen LogP contribution in [0.1, 0.15) is 24.8 Å². The fraction of sp³-hybridized carbons (Fsp3) is 0.700. The molecule has 14 heavy (non-hydrogen) atoms. The van der Waals surface area contributed by atoms with Crippen LogP contribution in [0.5, 0.6) is 0 Å². The Hall–Kier alpha value is -0.350. The summed E-state index contributed by atoms with van der Waals surface area (Å²) < 4.78 is 3.16. The van der Waals surface area contributed by atoms with E-state index in [9.17, 15) is 0 Å². The van der Waals surface area contributed by atoms with E-state index < -0.39 is 0 Å². The molecule has 0 bridgehead atoms. The Balaban J connectivity index is 1.88. The lowest BCUT2D eigenvalue weighted by Crippen LogP contribution is -2.23. The molecular formula is C10H16BrN3. The van der Waals surface area contributed by atoms with Crippen molar-refractivity contribution in [1.29, 1.82) is 0 Å². The fourth-order valence-electron chi connectivity index (χ4n) is 1.90. The molecule has 2 heterocycles. The SMILES string of the molecule is Cc1cnn(CCC2CCCN2)c1Br. The lowest BCUT2D eigenvalue weighted by molar-refractivity contribution is 0.476. The van der Waals surface area contributed by atoms with Crippen LogP contribution in [0.4, 0.5) is 0 Å². The zero-order chi connectivity index (χ0) is 9.97. The summed E-state index contributed by atoms with van der Waals surface area (Å²) >= 11 is 3.54. The zero-order valence-corrected chi connectivity index (χ0v) is 10.0. The normalized spacial score (nSPS) is 21.7. The summed E-state index contributed by atoms with van der Waals surface area (Å²) in [7, 11) is 0. The van der Waals surface area contributed by atoms with E-state index in [-0.39, 0.29) is 0 Å². The van der Waals surface area contributed by atoms with Gasteiger partial charge in [0.25, 0.3) is 0 Å². The molecule has 0 radical (unpaired) electrons. The molecule has 4 heteroatoms. The number of hydrogen-bond donors (Lipinski definition) is 1. The maximum Gasteiger partial charge on any atom is 0.106 e. The molecule has 1 atom stereocenters. The van der Waals surface area contributed by atoms with Crippen LogP contribution in [0.15, 0.2) is 10.8 Å². The molecule has 0 amide bonds. The van der Waals surface area contributed by atoms with Crippen LogP contribution in [-0.2, 0) is 6.54 Å². The van der Waals surface area contributed by atoms with Crippen molar-refractivity contribution in [3.05, 3.63) is 16.4 Å². The van der Waals surface area contributed by atoms with Crippen molar-refractivity contribution in [2.24, 2.45) is 0 Å². The molecule has 1 aromatic heterocycles. The first-order valence-corrected chi connectivity index (χ1v) is 5.98. The van der Waals surface area contributed by atoms with Gasteiger partial charge in [-0.2, -0.15) is 5.10 Å². The van der Waals surface area contributed by atoms with Gasteiger partial charge in [-0.15, -0.1) is 0 Å². The highest BCUT2D eigenvalue weighted by molar-refractivity contribution is 9.10. The molecule has 1 unspecified atom stereocenters. The van der Waals surface area contributed by atoms with Crippen molar-refractivity contribution in [2.45, 2.75) is 38.8 Å². The Morgan fingerprint density at radius 1 is 1.71 bits per heavy atom. The van der Waals surface area contributed by atoms with Crippen LogP contribution in [0.2, 0.25) is 0 Å². The second kappa shape index (κ2) is 4.45. The first-order chi connectivity index (χ1) is 6.77. The Kier molecular flexibility index (Phi) is 3.23. The van der Waals surface area contributed by atoms with Crippen molar-refractivity contribution in [1.82, 2.24) is 15.1 Å². The van der Waals surface area contributed by atoms with Crippen molar-refractivity contribution < 1.29 is 0 Å². The second-order valence-corrected chi connectivity index (χ2v) is 4.67. The van der Waals surface area contributed by atoms with Gasteiger partial charge in [-0.05, 0) is 48.7 Å². The van der Waals surface area contributed by atoms with E-state index in [1.165, 1.54) is 31.4 Å². The molecule has 0 aliphatic carbocycles. The lowest BCUT2D eigenvalue weighted by atomic mass is 10.1. The van der Waals surface area contributed by atoms with Gasteiger partial charge in [-0.1, -0.05) is 0 Å². The topological polar surface area (TPSA) is 29.9 Å². The Morgan fingerprint density at radius 3 is 3.14 bits per heavy atom. The molecule has 1 aromatic rings. The summed E-state index contributed by atoms with van der Waals surface area (Å²) in [5.74, 6) is 0. The maximum atomic E-state index is 4.32. The monoisotopic (exact) mass is 257 g/mol. The average Bonchev–Trinajstić information content (AvgIpc) is 2.77. The summed E-state index contributed by atoms with van der Waals surface area (Å²) in [6, 6.07) is 0.700. The highest BCUT2D eigenvalue weighted by atomic mass is 79.9. The van der Waals surface area contributed by atoms with E-state index in [2.05, 4.69) is 33.3 Å². The number of hydrogen-bond acceptors (Lipinski definition) is 2. The number of halogens is 1. The fourth-order valence-corrected chi connectivity index (χ4v) is 2.27. The molecule has 0 saturated carbocycles. The molecule has 1 aliphatic heterocycles. The molecule has 78 valence electrons. The van der Waals surface area contributed by atoms with Gasteiger partial charge in [0.1, 0.15) is 4.60 Å². The van der Waals surface area contributed by atoms with Gasteiger partial charge in [0, 0.05) is 18.2 Å². The molecule has 1 aliphatic rings. The smallest absolute Gasteiger partial charge is 0.106 e. The first-order valence-electron chi connectivity index (χ1n) is 5.18. The molecule has 0 aromatic carbocycles. The van der Waals surface area contributed by atoms with Crippen LogP contribution in [0.3, 0.4) is 0 Å². The van der Waals surface area contributed by atoms with E-state index >= 15 is 0 Å². The second-order valence-electron chi connectivity index (χ2n) is 3.92. The highest BCUT2D eigenvalue weighted by Gasteiger charge is 2.14. The van der Waals surface area contributed by atoms with Crippen LogP contribution in [0.25, 0.3) is 0 Å². The summed E-state index contributed by atoms with van der Waals surface area (Å²) in [5.41, 5.74) is 1.21. The van der Waals surface area contributed by atoms with E-state index in [0.29, 0.717) is 6.04 Å². The largest absolute Gasteiger partial charge is 0.314 e. The molecule has 2 rings (SSSR count). The molecule has 3 nitrogen and oxygen atoms in total. The number of aryl methyl sites for hydroxylation is 2. The highest BCUT2D eigenvalue weighted by Crippen LogP contribution is 2.16. The summed E-state index contributed by atoms with van der Waals surface area (Å²) in [6.07, 6.45) is 5.73. The van der Waals surface area contributed by atoms with Gasteiger partial charge < -0.3 is 5.32 Å². The standard InChI is InChI=1S/C10H16BrN3/c1-8-7-13-14(10(8)11)6-4-9-3-2-5-12-9/h7,9,12H,2-6H2,1H3. The Morgan fingerprint density at radius 2 is 2.57 bits per heavy atom. The molecular weight excluding hydrogens is 242 g/mol. The third-order valence-electron chi connectivity index (χ3n) is 2.79. The maximum absolute atomic E-state index is 4.32. The predicted molar refractivity (Wildman–Crippen MR) is 60.3 cm³/mol. The van der Waals surface area contributed by atoms with Gasteiger partial charge in [0.2, 0.25) is 0 Å². The minimum Gasteiger partial charge on any atom is -0.314 e. The van der Waals surface area contributed by atoms with Crippen molar-refractivity contribution >= 4 is 15.9 Å². The molecule has 1 fully saturated rings. The number of aromatic nitrogens is 2. The van der Waals surface area contributed by atoms with E-state index in [1.54, 1.807) is 0 Å². The molecule has 1 saturated heterocycles. The van der Waals surface area contributed by atoms with Crippen LogP contribution in [0, 0.1) is 6.92 Å². The first kappa shape index (κ1) is 10.2. The van der Waals surface area contributed by atoms with Crippen molar-refractivity contribution in [3.63, 3.8) is 0 Å². The minimum absolute atomic E-state index is 0.700. The van der Waals surface area contributed by atoms with Crippen molar-refractivity contribution in [2.75, 3.05) is 6.54 Å². The summed E-state index contributed by atoms with van der Waals surface area (Å²) in [5, 5.41) is 7.81. The van der Waals surface area contributed by atoms with Gasteiger partial charge in [0.05, 0.1) is 6.20 Å². The lowest BCUT2D eigenvalue weighted by Gasteiger charge is -2.10. The van der Waals surface area contributed by atoms with Crippen molar-refractivity contribution in [3.8, 4) is 0 Å². The number of nitrogens with one attached hydrogen (secondary N) is 1. The summed E-state index contributed by atoms with van der Waals surface area (Å²) in [6.45, 7) is 4.26. The van der Waals surface area contributed by atoms with E-state index in [1.807, 2.05) is 10.9 Å². The van der Waals surface area contributed by atoms with Crippen LogP contribution < -0.4 is 5.32 Å². The Labute approximate surface area is 93.0 Å². The Bertz CT molecular complexity index is 302. The van der Waals surface area contributed by atoms with Crippen LogP contribution >= 0.6 is 15.9 Å².